The highest BCUT2D eigenvalue weighted by molar-refractivity contribution is 9.10. The lowest BCUT2D eigenvalue weighted by Crippen LogP contribution is -2.13. The first-order valence-electron chi connectivity index (χ1n) is 10.9. The second-order valence-electron chi connectivity index (χ2n) is 7.95. The number of fused-ring (bicyclic) bond motifs is 1. The highest BCUT2D eigenvalue weighted by Gasteiger charge is 2.16. The molecule has 4 rings (SSSR count). The number of carbonyl (C=O) groups is 1. The lowest BCUT2D eigenvalue weighted by atomic mass is 10.0. The largest absolute Gasteiger partial charge is 0.487 e. The van der Waals surface area contributed by atoms with Gasteiger partial charge in [0.05, 0.1) is 4.47 Å². The van der Waals surface area contributed by atoms with Crippen molar-refractivity contribution in [2.45, 2.75) is 20.0 Å². The lowest BCUT2D eigenvalue weighted by Gasteiger charge is -2.14. The summed E-state index contributed by atoms with van der Waals surface area (Å²) in [7, 11) is 0. The van der Waals surface area contributed by atoms with Gasteiger partial charge in [0, 0.05) is 5.69 Å². The maximum atomic E-state index is 12.7. The fourth-order valence-corrected chi connectivity index (χ4v) is 4.20. The fourth-order valence-electron chi connectivity index (χ4n) is 3.56. The van der Waals surface area contributed by atoms with E-state index in [0.717, 1.165) is 22.4 Å². The Morgan fingerprint density at radius 3 is 2.69 bits per heavy atom. The number of rotatable bonds is 8. The number of nitriles is 1. The normalized spacial score (nSPS) is 12.1. The maximum Gasteiger partial charge on any atom is 0.266 e. The number of nitrogens with one attached hydrogen (secondary N) is 1. The number of anilines is 1. The van der Waals surface area contributed by atoms with Crippen LogP contribution in [0.3, 0.4) is 0 Å². The van der Waals surface area contributed by atoms with E-state index < -0.39 is 5.91 Å². The molecule has 3 aromatic rings. The van der Waals surface area contributed by atoms with Crippen LogP contribution in [0.25, 0.3) is 6.08 Å². The molecule has 0 radical (unpaired) electrons. The van der Waals surface area contributed by atoms with E-state index in [9.17, 15) is 10.1 Å². The van der Waals surface area contributed by atoms with Crippen molar-refractivity contribution < 1.29 is 19.0 Å². The summed E-state index contributed by atoms with van der Waals surface area (Å²) in [6.07, 6.45) is 3.88. The Hall–Kier alpha value is -4.02. The van der Waals surface area contributed by atoms with Crippen LogP contribution in [0.5, 0.6) is 17.2 Å². The van der Waals surface area contributed by atoms with Crippen molar-refractivity contribution >= 4 is 33.6 Å². The first-order valence-corrected chi connectivity index (χ1v) is 11.7. The minimum atomic E-state index is -0.471. The molecular formula is C28H23BrN2O4. The lowest BCUT2D eigenvalue weighted by molar-refractivity contribution is -0.112. The molecule has 0 atom stereocenters. The van der Waals surface area contributed by atoms with E-state index in [1.54, 1.807) is 24.3 Å². The second-order valence-corrected chi connectivity index (χ2v) is 8.80. The van der Waals surface area contributed by atoms with Crippen molar-refractivity contribution in [3.8, 4) is 23.3 Å². The monoisotopic (exact) mass is 530 g/mol. The number of hydrogen-bond acceptors (Lipinski definition) is 5. The number of halogens is 1. The molecular weight excluding hydrogens is 508 g/mol. The van der Waals surface area contributed by atoms with Crippen LogP contribution in [0, 0.1) is 18.3 Å². The molecule has 0 bridgehead atoms. The summed E-state index contributed by atoms with van der Waals surface area (Å²) in [5, 5.41) is 12.4. The molecule has 0 aromatic heterocycles. The first-order chi connectivity index (χ1) is 17.0. The van der Waals surface area contributed by atoms with Gasteiger partial charge in [0.25, 0.3) is 5.91 Å². The van der Waals surface area contributed by atoms with Gasteiger partial charge in [-0.15, -0.1) is 6.58 Å². The SMILES string of the molecule is C=CCc1cc(/C=C(/C#N)C(=O)Nc2ccc(C)cc2)cc(Br)c1OCc1ccc2c(c1)OCO2. The molecule has 1 N–H and O–H groups in total. The van der Waals surface area contributed by atoms with Crippen LogP contribution in [0.4, 0.5) is 5.69 Å². The van der Waals surface area contributed by atoms with E-state index in [2.05, 4.69) is 27.8 Å². The molecule has 0 saturated heterocycles. The maximum absolute atomic E-state index is 12.7. The molecule has 3 aromatic carbocycles. The Bertz CT molecular complexity index is 1340. The van der Waals surface area contributed by atoms with Crippen LogP contribution < -0.4 is 19.5 Å². The van der Waals surface area contributed by atoms with Crippen LogP contribution in [-0.4, -0.2) is 12.7 Å². The second kappa shape index (κ2) is 10.9. The number of carbonyl (C=O) groups excluding carboxylic acids is 1. The average molecular weight is 531 g/mol. The molecule has 1 heterocycles. The molecule has 0 fully saturated rings. The molecule has 1 aliphatic heterocycles. The van der Waals surface area contributed by atoms with Crippen molar-refractivity contribution in [3.63, 3.8) is 0 Å². The highest BCUT2D eigenvalue weighted by Crippen LogP contribution is 2.35. The van der Waals surface area contributed by atoms with Gasteiger partial charge in [-0.2, -0.15) is 5.26 Å². The summed E-state index contributed by atoms with van der Waals surface area (Å²) in [6.45, 7) is 6.35. The third-order valence-electron chi connectivity index (χ3n) is 5.31. The van der Waals surface area contributed by atoms with E-state index in [0.29, 0.717) is 40.3 Å². The van der Waals surface area contributed by atoms with Gasteiger partial charge >= 0.3 is 0 Å². The topological polar surface area (TPSA) is 80.6 Å². The van der Waals surface area contributed by atoms with E-state index in [-0.39, 0.29) is 12.4 Å². The molecule has 35 heavy (non-hydrogen) atoms. The van der Waals surface area contributed by atoms with Crippen molar-refractivity contribution in [3.05, 3.63) is 99.6 Å². The van der Waals surface area contributed by atoms with Gasteiger partial charge in [0.2, 0.25) is 6.79 Å². The van der Waals surface area contributed by atoms with Gasteiger partial charge in [-0.3, -0.25) is 4.79 Å². The van der Waals surface area contributed by atoms with Crippen LogP contribution in [0.1, 0.15) is 22.3 Å². The third-order valence-corrected chi connectivity index (χ3v) is 5.90. The van der Waals surface area contributed by atoms with Crippen molar-refractivity contribution in [1.82, 2.24) is 0 Å². The standard InChI is InChI=1S/C28H23BrN2O4/c1-3-4-21-11-20(12-22(15-30)28(32)31-23-8-5-18(2)6-9-23)13-24(29)27(21)33-16-19-7-10-25-26(14-19)35-17-34-25/h3,5-14H,1,4,16-17H2,2H3,(H,31,32)/b22-12-. The summed E-state index contributed by atoms with van der Waals surface area (Å²) in [6, 6.07) is 18.8. The number of nitrogens with zero attached hydrogens (tertiary/aromatic N) is 1. The zero-order valence-electron chi connectivity index (χ0n) is 19.1. The molecule has 6 nitrogen and oxygen atoms in total. The Balaban J connectivity index is 1.54. The Kier molecular flexibility index (Phi) is 7.54. The molecule has 0 saturated carbocycles. The number of ether oxygens (including phenoxy) is 3. The molecule has 176 valence electrons. The predicted octanol–water partition coefficient (Wildman–Crippen LogP) is 6.34. The number of aryl methyl sites for hydroxylation is 1. The zero-order valence-corrected chi connectivity index (χ0v) is 20.7. The summed E-state index contributed by atoms with van der Waals surface area (Å²) in [4.78, 5) is 12.7. The van der Waals surface area contributed by atoms with Crippen LogP contribution in [0.15, 0.2) is 77.3 Å². The number of amides is 1. The minimum absolute atomic E-state index is 0.00365. The van der Waals surface area contributed by atoms with Crippen molar-refractivity contribution in [1.29, 1.82) is 5.26 Å². The molecule has 0 unspecified atom stereocenters. The number of allylic oxidation sites excluding steroid dienone is 1. The van der Waals surface area contributed by atoms with Crippen LogP contribution in [0.2, 0.25) is 0 Å². The van der Waals surface area contributed by atoms with E-state index >= 15 is 0 Å². The number of hydrogen-bond donors (Lipinski definition) is 1. The van der Waals surface area contributed by atoms with Crippen molar-refractivity contribution in [2.24, 2.45) is 0 Å². The van der Waals surface area contributed by atoms with Crippen LogP contribution in [-0.2, 0) is 17.8 Å². The predicted molar refractivity (Wildman–Crippen MR) is 138 cm³/mol. The summed E-state index contributed by atoms with van der Waals surface area (Å²) >= 11 is 3.58. The number of benzene rings is 3. The van der Waals surface area contributed by atoms with Gasteiger partial charge < -0.3 is 19.5 Å². The van der Waals surface area contributed by atoms with Gasteiger partial charge in [0.15, 0.2) is 11.5 Å². The summed E-state index contributed by atoms with van der Waals surface area (Å²) < 4.78 is 17.6. The van der Waals surface area contributed by atoms with Crippen LogP contribution >= 0.6 is 15.9 Å². The van der Waals surface area contributed by atoms with Gasteiger partial charge in [-0.1, -0.05) is 29.8 Å². The molecule has 0 aliphatic carbocycles. The van der Waals surface area contributed by atoms with Gasteiger partial charge in [0.1, 0.15) is 24.0 Å². The van der Waals surface area contributed by atoms with Crippen molar-refractivity contribution in [2.75, 3.05) is 12.1 Å². The highest BCUT2D eigenvalue weighted by atomic mass is 79.9. The fraction of sp³-hybridized carbons (Fsp3) is 0.143. The molecule has 1 aliphatic rings. The Labute approximate surface area is 212 Å². The zero-order chi connectivity index (χ0) is 24.8. The third kappa shape index (κ3) is 5.92. The van der Waals surface area contributed by atoms with E-state index in [1.165, 1.54) is 0 Å². The Morgan fingerprint density at radius 1 is 1.17 bits per heavy atom. The quantitative estimate of drug-likeness (QED) is 0.209. The van der Waals surface area contributed by atoms with Gasteiger partial charge in [-0.25, -0.2) is 0 Å². The molecule has 1 amide bonds. The summed E-state index contributed by atoms with van der Waals surface area (Å²) in [5.41, 5.74) is 4.21. The average Bonchev–Trinajstić information content (AvgIpc) is 3.31. The summed E-state index contributed by atoms with van der Waals surface area (Å²) in [5.74, 6) is 1.62. The van der Waals surface area contributed by atoms with E-state index in [4.69, 9.17) is 14.2 Å². The first kappa shape index (κ1) is 24.1. The Morgan fingerprint density at radius 2 is 1.94 bits per heavy atom. The smallest absolute Gasteiger partial charge is 0.266 e. The van der Waals surface area contributed by atoms with E-state index in [1.807, 2.05) is 55.5 Å². The minimum Gasteiger partial charge on any atom is -0.487 e. The molecule has 0 spiro atoms. The molecule has 7 heteroatoms. The van der Waals surface area contributed by atoms with Gasteiger partial charge in [-0.05, 0) is 88.4 Å².